The number of carbonyl (C=O) groups is 3. The quantitative estimate of drug-likeness (QED) is 0.438. The van der Waals surface area contributed by atoms with E-state index in [9.17, 15) is 14.4 Å². The van der Waals surface area contributed by atoms with Crippen LogP contribution in [0.4, 0.5) is 0 Å². The number of amides is 2. The molecule has 0 aliphatic heterocycles. The van der Waals surface area contributed by atoms with Gasteiger partial charge in [-0.1, -0.05) is 0 Å². The molecular weight excluding hydrogens is 244 g/mol. The normalized spacial score (nSPS) is 9.71. The van der Waals surface area contributed by atoms with Crippen molar-refractivity contribution >= 4 is 29.5 Å². The van der Waals surface area contributed by atoms with Crippen molar-refractivity contribution in [1.82, 2.24) is 5.32 Å². The molecule has 0 saturated carbocycles. The summed E-state index contributed by atoms with van der Waals surface area (Å²) in [7, 11) is 0. The lowest BCUT2D eigenvalue weighted by atomic mass is 10.4. The Kier molecular flexibility index (Phi) is 9.22. The second kappa shape index (κ2) is 9.95. The number of carbonyl (C=O) groups excluding carboxylic acids is 3. The SMILES string of the molecule is CCOC(=O)CCNC(=O)CCSCC(N)=O. The van der Waals surface area contributed by atoms with Crippen LogP contribution in [-0.4, -0.2) is 42.4 Å². The Morgan fingerprint density at radius 1 is 1.29 bits per heavy atom. The molecule has 0 heterocycles. The number of rotatable bonds is 9. The number of thioether (sulfide) groups is 1. The smallest absolute Gasteiger partial charge is 0.307 e. The number of nitrogens with one attached hydrogen (secondary N) is 1. The molecule has 0 aromatic carbocycles. The zero-order valence-corrected chi connectivity index (χ0v) is 10.7. The largest absolute Gasteiger partial charge is 0.466 e. The fourth-order valence-electron chi connectivity index (χ4n) is 0.963. The van der Waals surface area contributed by atoms with Crippen LogP contribution in [0.25, 0.3) is 0 Å². The summed E-state index contributed by atoms with van der Waals surface area (Å²) in [6.07, 6.45) is 0.481. The maximum Gasteiger partial charge on any atom is 0.307 e. The van der Waals surface area contributed by atoms with Crippen molar-refractivity contribution in [2.24, 2.45) is 5.73 Å². The molecule has 6 nitrogen and oxygen atoms in total. The lowest BCUT2D eigenvalue weighted by molar-refractivity contribution is -0.143. The molecule has 0 aromatic rings. The molecule has 0 rings (SSSR count). The van der Waals surface area contributed by atoms with Crippen molar-refractivity contribution in [3.8, 4) is 0 Å². The van der Waals surface area contributed by atoms with E-state index < -0.39 is 5.91 Å². The molecule has 0 aliphatic rings. The molecule has 0 bridgehead atoms. The van der Waals surface area contributed by atoms with Crippen molar-refractivity contribution in [2.45, 2.75) is 19.8 Å². The molecule has 0 aliphatic carbocycles. The monoisotopic (exact) mass is 262 g/mol. The molecule has 0 fully saturated rings. The Bertz CT molecular complexity index is 271. The van der Waals surface area contributed by atoms with Crippen molar-refractivity contribution in [3.63, 3.8) is 0 Å². The van der Waals surface area contributed by atoms with E-state index in [2.05, 4.69) is 5.32 Å². The van der Waals surface area contributed by atoms with E-state index in [-0.39, 0.29) is 30.6 Å². The summed E-state index contributed by atoms with van der Waals surface area (Å²) in [6.45, 7) is 2.35. The summed E-state index contributed by atoms with van der Waals surface area (Å²) >= 11 is 1.31. The van der Waals surface area contributed by atoms with Gasteiger partial charge in [0.25, 0.3) is 0 Å². The Labute approximate surface area is 105 Å². The van der Waals surface area contributed by atoms with E-state index in [4.69, 9.17) is 10.5 Å². The van der Waals surface area contributed by atoms with Crippen LogP contribution in [0.15, 0.2) is 0 Å². The van der Waals surface area contributed by atoms with Gasteiger partial charge >= 0.3 is 5.97 Å². The molecule has 3 N–H and O–H groups in total. The van der Waals surface area contributed by atoms with Crippen LogP contribution in [0.2, 0.25) is 0 Å². The van der Waals surface area contributed by atoms with Crippen molar-refractivity contribution in [2.75, 3.05) is 24.7 Å². The number of hydrogen-bond acceptors (Lipinski definition) is 5. The minimum Gasteiger partial charge on any atom is -0.466 e. The van der Waals surface area contributed by atoms with Crippen LogP contribution in [-0.2, 0) is 19.1 Å². The molecule has 2 amide bonds. The third-order valence-corrected chi connectivity index (χ3v) is 2.66. The fourth-order valence-corrected chi connectivity index (χ4v) is 1.64. The summed E-state index contributed by atoms with van der Waals surface area (Å²) in [5.41, 5.74) is 4.94. The van der Waals surface area contributed by atoms with Crippen LogP contribution in [0.1, 0.15) is 19.8 Å². The lowest BCUT2D eigenvalue weighted by Crippen LogP contribution is -2.27. The van der Waals surface area contributed by atoms with Crippen LogP contribution < -0.4 is 11.1 Å². The van der Waals surface area contributed by atoms with Crippen LogP contribution in [0.3, 0.4) is 0 Å². The molecule has 0 saturated heterocycles. The van der Waals surface area contributed by atoms with Gasteiger partial charge in [0.1, 0.15) is 0 Å². The van der Waals surface area contributed by atoms with Crippen LogP contribution in [0, 0.1) is 0 Å². The number of hydrogen-bond donors (Lipinski definition) is 2. The summed E-state index contributed by atoms with van der Waals surface area (Å²) in [4.78, 5) is 32.6. The van der Waals surface area contributed by atoms with Crippen LogP contribution in [0.5, 0.6) is 0 Å². The second-order valence-electron chi connectivity index (χ2n) is 3.17. The minimum absolute atomic E-state index is 0.147. The molecule has 17 heavy (non-hydrogen) atoms. The number of primary amides is 1. The number of esters is 1. The molecule has 7 heteroatoms. The Morgan fingerprint density at radius 2 is 2.00 bits per heavy atom. The predicted molar refractivity (Wildman–Crippen MR) is 65.4 cm³/mol. The van der Waals surface area contributed by atoms with Gasteiger partial charge in [-0.05, 0) is 6.92 Å². The van der Waals surface area contributed by atoms with Gasteiger partial charge < -0.3 is 15.8 Å². The minimum atomic E-state index is -0.391. The third-order valence-electron chi connectivity index (χ3n) is 1.67. The van der Waals surface area contributed by atoms with E-state index >= 15 is 0 Å². The van der Waals surface area contributed by atoms with Gasteiger partial charge in [0, 0.05) is 18.7 Å². The summed E-state index contributed by atoms with van der Waals surface area (Å²) < 4.78 is 4.70. The van der Waals surface area contributed by atoms with E-state index in [1.165, 1.54) is 11.8 Å². The van der Waals surface area contributed by atoms with Gasteiger partial charge in [0.2, 0.25) is 11.8 Å². The van der Waals surface area contributed by atoms with Crippen molar-refractivity contribution < 1.29 is 19.1 Å². The first-order chi connectivity index (χ1) is 8.06. The van der Waals surface area contributed by atoms with Gasteiger partial charge in [0.05, 0.1) is 18.8 Å². The highest BCUT2D eigenvalue weighted by Gasteiger charge is 2.04. The summed E-state index contributed by atoms with van der Waals surface area (Å²) in [5.74, 6) is -0.107. The molecular formula is C10H18N2O4S. The first-order valence-electron chi connectivity index (χ1n) is 5.34. The van der Waals surface area contributed by atoms with Gasteiger partial charge in [-0.3, -0.25) is 14.4 Å². The summed E-state index contributed by atoms with van der Waals surface area (Å²) in [5, 5.41) is 2.59. The molecule has 98 valence electrons. The number of ether oxygens (including phenoxy) is 1. The lowest BCUT2D eigenvalue weighted by Gasteiger charge is -2.04. The maximum atomic E-state index is 11.2. The standard InChI is InChI=1S/C10H18N2O4S/c1-2-16-10(15)3-5-12-9(14)4-6-17-7-8(11)13/h2-7H2,1H3,(H2,11,13)(H,12,14). The van der Waals surface area contributed by atoms with Crippen molar-refractivity contribution in [1.29, 1.82) is 0 Å². The highest BCUT2D eigenvalue weighted by Crippen LogP contribution is 2.00. The van der Waals surface area contributed by atoms with Gasteiger partial charge in [-0.15, -0.1) is 0 Å². The second-order valence-corrected chi connectivity index (χ2v) is 4.28. The highest BCUT2D eigenvalue weighted by atomic mass is 32.2. The number of nitrogens with two attached hydrogens (primary N) is 1. The van der Waals surface area contributed by atoms with Gasteiger partial charge in [-0.2, -0.15) is 11.8 Å². The first-order valence-corrected chi connectivity index (χ1v) is 6.50. The van der Waals surface area contributed by atoms with Gasteiger partial charge in [0.15, 0.2) is 0 Å². The van der Waals surface area contributed by atoms with E-state index in [0.717, 1.165) is 0 Å². The molecule has 0 spiro atoms. The van der Waals surface area contributed by atoms with E-state index in [1.807, 2.05) is 0 Å². The average molecular weight is 262 g/mol. The molecule has 0 unspecified atom stereocenters. The average Bonchev–Trinajstić information content (AvgIpc) is 2.24. The van der Waals surface area contributed by atoms with Gasteiger partial charge in [-0.25, -0.2) is 0 Å². The zero-order valence-electron chi connectivity index (χ0n) is 9.86. The summed E-state index contributed by atoms with van der Waals surface area (Å²) in [6, 6.07) is 0. The maximum absolute atomic E-state index is 11.2. The highest BCUT2D eigenvalue weighted by molar-refractivity contribution is 7.99. The molecule has 0 radical (unpaired) electrons. The fraction of sp³-hybridized carbons (Fsp3) is 0.700. The van der Waals surface area contributed by atoms with Crippen LogP contribution >= 0.6 is 11.8 Å². The molecule has 0 atom stereocenters. The van der Waals surface area contributed by atoms with Crippen molar-refractivity contribution in [3.05, 3.63) is 0 Å². The first kappa shape index (κ1) is 15.8. The third kappa shape index (κ3) is 11.0. The predicted octanol–water partition coefficient (Wildman–Crippen LogP) is -0.336. The Hall–Kier alpha value is -1.24. The Balaban J connectivity index is 3.40. The zero-order chi connectivity index (χ0) is 13.1. The van der Waals surface area contributed by atoms with E-state index in [1.54, 1.807) is 6.92 Å². The molecule has 0 aromatic heterocycles. The Morgan fingerprint density at radius 3 is 2.59 bits per heavy atom. The van der Waals surface area contributed by atoms with E-state index in [0.29, 0.717) is 18.8 Å². The topological polar surface area (TPSA) is 98.5 Å².